The number of nitrogens with zero attached hydrogens (tertiary/aromatic N) is 1. The van der Waals surface area contributed by atoms with Gasteiger partial charge in [0.2, 0.25) is 0 Å². The third kappa shape index (κ3) is 3.44. The van der Waals surface area contributed by atoms with Crippen molar-refractivity contribution in [2.45, 2.75) is 24.4 Å². The Morgan fingerprint density at radius 2 is 1.50 bits per heavy atom. The van der Waals surface area contributed by atoms with E-state index in [0.29, 0.717) is 0 Å². The van der Waals surface area contributed by atoms with Gasteiger partial charge in [0.05, 0.1) is 0 Å². The second-order valence-electron chi connectivity index (χ2n) is 2.81. The first-order valence-corrected chi connectivity index (χ1v) is 3.97. The van der Waals surface area contributed by atoms with E-state index in [2.05, 4.69) is 0 Å². The summed E-state index contributed by atoms with van der Waals surface area (Å²) >= 11 is 0. The molecule has 9 heteroatoms. The summed E-state index contributed by atoms with van der Waals surface area (Å²) in [5, 5.41) is 53.8. The molecule has 0 heterocycles. The third-order valence-electron chi connectivity index (χ3n) is 1.70. The van der Waals surface area contributed by atoms with E-state index in [-0.39, 0.29) is 0 Å². The number of hydrogen-bond acceptors (Lipinski definition) is 7. The molecule has 4 atom stereocenters. The highest BCUT2D eigenvalue weighted by molar-refractivity contribution is 5.82. The summed E-state index contributed by atoms with van der Waals surface area (Å²) in [7, 11) is 0. The van der Waals surface area contributed by atoms with Crippen LogP contribution in [0.1, 0.15) is 0 Å². The van der Waals surface area contributed by atoms with Crippen LogP contribution in [-0.4, -0.2) is 61.8 Å². The number of carboxylic acids is 1. The van der Waals surface area contributed by atoms with E-state index in [1.165, 1.54) is 5.32 Å². The van der Waals surface area contributed by atoms with E-state index in [1.54, 1.807) is 0 Å². The Morgan fingerprint density at radius 3 is 1.88 bits per heavy atom. The van der Waals surface area contributed by atoms with Gasteiger partial charge >= 0.3 is 5.97 Å². The number of carbonyl (C=O) groups is 2. The molecule has 0 saturated heterocycles. The second kappa shape index (κ2) is 5.99. The maximum atomic E-state index is 10.8. The zero-order chi connectivity index (χ0) is 12.9. The Kier molecular flexibility index (Phi) is 5.34. The quantitative estimate of drug-likeness (QED) is 0.207. The van der Waals surface area contributed by atoms with Crippen molar-refractivity contribution < 1.29 is 35.1 Å². The standard InChI is InChI=1S/C7H10N2O7/c8-1-9-6(14)4(12)2(10)3(11)5(13)7(15)16/h2-5,10-13H,(H,9,14)(H,15,16)/t2-,3-,4+,5-/m1/s1. The Labute approximate surface area is 89.2 Å². The smallest absolute Gasteiger partial charge is 0.335 e. The summed E-state index contributed by atoms with van der Waals surface area (Å²) in [5.41, 5.74) is 0. The Hall–Kier alpha value is -1.73. The van der Waals surface area contributed by atoms with Gasteiger partial charge in [-0.2, -0.15) is 5.26 Å². The lowest BCUT2D eigenvalue weighted by Crippen LogP contribution is -2.52. The molecule has 90 valence electrons. The predicted molar refractivity (Wildman–Crippen MR) is 45.4 cm³/mol. The molecule has 0 saturated carbocycles. The van der Waals surface area contributed by atoms with Crippen molar-refractivity contribution >= 4 is 11.9 Å². The summed E-state index contributed by atoms with van der Waals surface area (Å²) in [6.45, 7) is 0. The molecule has 0 radical (unpaired) electrons. The van der Waals surface area contributed by atoms with E-state index < -0.39 is 36.3 Å². The number of nitrogens with one attached hydrogen (secondary N) is 1. The van der Waals surface area contributed by atoms with Crippen LogP contribution in [0, 0.1) is 11.5 Å². The molecular weight excluding hydrogens is 224 g/mol. The minimum absolute atomic E-state index is 1.16. The average Bonchev–Trinajstić information content (AvgIpc) is 2.25. The van der Waals surface area contributed by atoms with Gasteiger partial charge in [0.1, 0.15) is 12.2 Å². The molecule has 0 aromatic carbocycles. The number of rotatable bonds is 5. The minimum atomic E-state index is -2.36. The van der Waals surface area contributed by atoms with Gasteiger partial charge in [0.25, 0.3) is 5.91 Å². The number of aliphatic hydroxyl groups excluding tert-OH is 4. The first kappa shape index (κ1) is 14.3. The van der Waals surface area contributed by atoms with Gasteiger partial charge < -0.3 is 25.5 Å². The molecule has 0 bridgehead atoms. The van der Waals surface area contributed by atoms with E-state index in [0.717, 1.165) is 6.19 Å². The van der Waals surface area contributed by atoms with Crippen molar-refractivity contribution in [2.24, 2.45) is 0 Å². The van der Waals surface area contributed by atoms with Crippen LogP contribution < -0.4 is 5.32 Å². The highest BCUT2D eigenvalue weighted by Gasteiger charge is 2.37. The summed E-state index contributed by atoms with van der Waals surface area (Å²) in [6.07, 6.45) is -7.93. The van der Waals surface area contributed by atoms with E-state index in [9.17, 15) is 9.59 Å². The van der Waals surface area contributed by atoms with Gasteiger partial charge in [-0.05, 0) is 0 Å². The lowest BCUT2D eigenvalue weighted by atomic mass is 10.0. The summed E-state index contributed by atoms with van der Waals surface area (Å²) in [5.74, 6) is -3.16. The molecule has 0 aliphatic carbocycles. The first-order valence-electron chi connectivity index (χ1n) is 3.97. The molecule has 0 aliphatic heterocycles. The number of carboxylic acid groups (broad SMARTS) is 1. The normalized spacial score (nSPS) is 17.7. The molecule has 0 aromatic rings. The van der Waals surface area contributed by atoms with Crippen LogP contribution in [0.5, 0.6) is 0 Å². The molecule has 0 fully saturated rings. The zero-order valence-corrected chi connectivity index (χ0v) is 7.81. The van der Waals surface area contributed by atoms with Crippen LogP contribution in [-0.2, 0) is 9.59 Å². The van der Waals surface area contributed by atoms with Crippen LogP contribution in [0.15, 0.2) is 0 Å². The Balaban J connectivity index is 4.55. The molecule has 0 rings (SSSR count). The fourth-order valence-electron chi connectivity index (χ4n) is 0.804. The zero-order valence-electron chi connectivity index (χ0n) is 7.81. The average molecular weight is 234 g/mol. The monoisotopic (exact) mass is 234 g/mol. The van der Waals surface area contributed by atoms with E-state index >= 15 is 0 Å². The largest absolute Gasteiger partial charge is 0.479 e. The molecule has 0 aliphatic rings. The van der Waals surface area contributed by atoms with E-state index in [1.807, 2.05) is 0 Å². The lowest BCUT2D eigenvalue weighted by Gasteiger charge is -2.22. The molecule has 0 spiro atoms. The molecule has 0 unspecified atom stereocenters. The lowest BCUT2D eigenvalue weighted by molar-refractivity contribution is -0.166. The van der Waals surface area contributed by atoms with Crippen molar-refractivity contribution in [2.75, 3.05) is 0 Å². The Bertz CT molecular complexity index is 312. The SMILES string of the molecule is N#CNC(=O)[C@@H](O)[C@H](O)[C@@H](O)[C@@H](O)C(=O)O. The molecule has 6 N–H and O–H groups in total. The molecule has 1 amide bonds. The van der Waals surface area contributed by atoms with Gasteiger partial charge in [-0.25, -0.2) is 4.79 Å². The summed E-state index contributed by atoms with van der Waals surface area (Å²) < 4.78 is 0. The summed E-state index contributed by atoms with van der Waals surface area (Å²) in [6, 6.07) is 0. The summed E-state index contributed by atoms with van der Waals surface area (Å²) in [4.78, 5) is 21.0. The van der Waals surface area contributed by atoms with Gasteiger partial charge in [-0.1, -0.05) is 0 Å². The second-order valence-corrected chi connectivity index (χ2v) is 2.81. The van der Waals surface area contributed by atoms with Crippen molar-refractivity contribution in [3.8, 4) is 6.19 Å². The maximum Gasteiger partial charge on any atom is 0.335 e. The van der Waals surface area contributed by atoms with Crippen molar-refractivity contribution in [1.29, 1.82) is 5.26 Å². The number of nitriles is 1. The van der Waals surface area contributed by atoms with Crippen LogP contribution in [0.25, 0.3) is 0 Å². The molecule has 9 nitrogen and oxygen atoms in total. The van der Waals surface area contributed by atoms with E-state index in [4.69, 9.17) is 30.8 Å². The van der Waals surface area contributed by atoms with Crippen molar-refractivity contribution in [3.63, 3.8) is 0 Å². The van der Waals surface area contributed by atoms with Crippen LogP contribution >= 0.6 is 0 Å². The fourth-order valence-corrected chi connectivity index (χ4v) is 0.804. The van der Waals surface area contributed by atoms with Crippen LogP contribution in [0.4, 0.5) is 0 Å². The van der Waals surface area contributed by atoms with Gasteiger partial charge in [0.15, 0.2) is 18.4 Å². The molecule has 16 heavy (non-hydrogen) atoms. The Morgan fingerprint density at radius 1 is 1.06 bits per heavy atom. The maximum absolute atomic E-state index is 10.8. The number of aliphatic hydroxyl groups is 4. The van der Waals surface area contributed by atoms with Crippen molar-refractivity contribution in [1.82, 2.24) is 5.32 Å². The predicted octanol–water partition coefficient (Wildman–Crippen LogP) is -3.89. The minimum Gasteiger partial charge on any atom is -0.479 e. The fraction of sp³-hybridized carbons (Fsp3) is 0.571. The van der Waals surface area contributed by atoms with Gasteiger partial charge in [-0.15, -0.1) is 0 Å². The molecule has 0 aromatic heterocycles. The number of hydrogen-bond donors (Lipinski definition) is 6. The van der Waals surface area contributed by atoms with Crippen LogP contribution in [0.3, 0.4) is 0 Å². The number of carbonyl (C=O) groups excluding carboxylic acids is 1. The highest BCUT2D eigenvalue weighted by atomic mass is 16.4. The molecular formula is C7H10N2O7. The van der Waals surface area contributed by atoms with Gasteiger partial charge in [0, 0.05) is 0 Å². The van der Waals surface area contributed by atoms with Gasteiger partial charge in [-0.3, -0.25) is 10.1 Å². The van der Waals surface area contributed by atoms with Crippen LogP contribution in [0.2, 0.25) is 0 Å². The topological polar surface area (TPSA) is 171 Å². The third-order valence-corrected chi connectivity index (χ3v) is 1.70. The van der Waals surface area contributed by atoms with Crippen molar-refractivity contribution in [3.05, 3.63) is 0 Å². The highest BCUT2D eigenvalue weighted by Crippen LogP contribution is 2.05. The first-order chi connectivity index (χ1) is 7.32. The number of amides is 1. The number of aliphatic carboxylic acids is 1.